The molecule has 4 heterocycles. The summed E-state index contributed by atoms with van der Waals surface area (Å²) >= 11 is 0. The Labute approximate surface area is 264 Å². The third-order valence-corrected chi connectivity index (χ3v) is 7.24. The van der Waals surface area contributed by atoms with Gasteiger partial charge in [0.05, 0.1) is 11.4 Å². The molecule has 4 amide bonds. The highest BCUT2D eigenvalue weighted by Gasteiger charge is 2.25. The highest BCUT2D eigenvalue weighted by molar-refractivity contribution is 6.05. The third-order valence-electron chi connectivity index (χ3n) is 7.24. The van der Waals surface area contributed by atoms with Crippen molar-refractivity contribution < 1.29 is 14.4 Å². The van der Waals surface area contributed by atoms with Crippen LogP contribution in [0.5, 0.6) is 0 Å². The van der Waals surface area contributed by atoms with Crippen LogP contribution in [0.2, 0.25) is 0 Å². The predicted molar refractivity (Wildman–Crippen MR) is 172 cm³/mol. The number of hydrogen-bond acceptors (Lipinski definition) is 10. The number of carbonyl (C=O) groups is 3. The summed E-state index contributed by atoms with van der Waals surface area (Å²) in [5, 5.41) is 20.1. The molecule has 0 atom stereocenters. The van der Waals surface area contributed by atoms with Crippen molar-refractivity contribution in [2.24, 2.45) is 0 Å². The van der Waals surface area contributed by atoms with Crippen molar-refractivity contribution in [1.82, 2.24) is 35.8 Å². The van der Waals surface area contributed by atoms with Gasteiger partial charge in [-0.1, -0.05) is 18.2 Å². The molecule has 0 aliphatic carbocycles. The molecule has 1 fully saturated rings. The van der Waals surface area contributed by atoms with Gasteiger partial charge in [-0.15, -0.1) is 5.10 Å². The average Bonchev–Trinajstić information content (AvgIpc) is 3.07. The van der Waals surface area contributed by atoms with Crippen molar-refractivity contribution in [2.75, 3.05) is 22.1 Å². The molecule has 6 rings (SSSR count). The van der Waals surface area contributed by atoms with Crippen LogP contribution in [0.3, 0.4) is 0 Å². The number of hydrogen-bond donors (Lipinski definition) is 4. The highest BCUT2D eigenvalue weighted by atomic mass is 16.2. The molecule has 13 heteroatoms. The molecule has 13 nitrogen and oxygen atoms in total. The standard InChI is InChI=1S/C33H30N10O3/c1-21-4-9-25(17-28(21)39-32-36-15-12-27(38-32)24-3-2-14-34-19-24)37-31(45)23-7-5-22(6-8-23)18-35-20-26-10-11-29(42-41-26)43-16-13-30(44)40-33(43)46/h2-12,14-15,17,19,35H,13,16,18,20H2,1H3,(H,37,45)(H,36,38,39)(H,40,44,46). The largest absolute Gasteiger partial charge is 0.329 e. The number of aryl methyl sites for hydroxylation is 1. The second-order valence-corrected chi connectivity index (χ2v) is 10.6. The molecule has 1 aliphatic rings. The highest BCUT2D eigenvalue weighted by Crippen LogP contribution is 2.25. The fraction of sp³-hybridized carbons (Fsp3) is 0.152. The van der Waals surface area contributed by atoms with Crippen molar-refractivity contribution in [3.63, 3.8) is 0 Å². The summed E-state index contributed by atoms with van der Waals surface area (Å²) in [4.78, 5) is 50.9. The zero-order valence-electron chi connectivity index (χ0n) is 24.9. The van der Waals surface area contributed by atoms with E-state index in [1.165, 1.54) is 4.90 Å². The second kappa shape index (κ2) is 13.7. The van der Waals surface area contributed by atoms with E-state index in [2.05, 4.69) is 46.4 Å². The van der Waals surface area contributed by atoms with Gasteiger partial charge in [0.1, 0.15) is 0 Å². The van der Waals surface area contributed by atoms with Crippen LogP contribution in [0.15, 0.2) is 91.4 Å². The Balaban J connectivity index is 1.01. The van der Waals surface area contributed by atoms with E-state index >= 15 is 0 Å². The average molecular weight is 615 g/mol. The molecule has 2 aromatic carbocycles. The second-order valence-electron chi connectivity index (χ2n) is 10.6. The minimum atomic E-state index is -0.497. The summed E-state index contributed by atoms with van der Waals surface area (Å²) in [5.74, 6) is 0.298. The number of benzene rings is 2. The van der Waals surface area contributed by atoms with E-state index in [-0.39, 0.29) is 24.8 Å². The van der Waals surface area contributed by atoms with Crippen LogP contribution in [0.25, 0.3) is 11.3 Å². The van der Waals surface area contributed by atoms with E-state index in [0.29, 0.717) is 41.8 Å². The smallest absolute Gasteiger partial charge is 0.324 e. The molecular formula is C33H30N10O3. The summed E-state index contributed by atoms with van der Waals surface area (Å²) in [6.07, 6.45) is 5.37. The Hall–Kier alpha value is -6.08. The number of urea groups is 1. The topological polar surface area (TPSA) is 167 Å². The molecule has 3 aromatic heterocycles. The molecule has 0 radical (unpaired) electrons. The molecule has 0 spiro atoms. The summed E-state index contributed by atoms with van der Waals surface area (Å²) in [6.45, 7) is 3.25. The Morgan fingerprint density at radius 2 is 1.83 bits per heavy atom. The molecule has 46 heavy (non-hydrogen) atoms. The molecule has 0 unspecified atom stereocenters. The van der Waals surface area contributed by atoms with Gasteiger partial charge in [-0.05, 0) is 72.6 Å². The van der Waals surface area contributed by atoms with Gasteiger partial charge >= 0.3 is 6.03 Å². The zero-order valence-corrected chi connectivity index (χ0v) is 24.9. The number of rotatable bonds is 10. The summed E-state index contributed by atoms with van der Waals surface area (Å²) in [5.41, 5.74) is 6.23. The first kappa shape index (κ1) is 30.0. The van der Waals surface area contributed by atoms with Crippen molar-refractivity contribution >= 4 is 41.0 Å². The van der Waals surface area contributed by atoms with Crippen molar-refractivity contribution in [2.45, 2.75) is 26.4 Å². The molecule has 1 saturated heterocycles. The number of nitrogens with zero attached hydrogens (tertiary/aromatic N) is 6. The van der Waals surface area contributed by atoms with E-state index in [1.807, 2.05) is 55.5 Å². The molecule has 0 bridgehead atoms. The number of anilines is 4. The first-order valence-corrected chi connectivity index (χ1v) is 14.6. The number of pyridine rings is 1. The van der Waals surface area contributed by atoms with Crippen LogP contribution in [0, 0.1) is 6.92 Å². The van der Waals surface area contributed by atoms with Crippen molar-refractivity contribution in [3.8, 4) is 11.3 Å². The molecule has 4 N–H and O–H groups in total. The van der Waals surface area contributed by atoms with Gasteiger partial charge < -0.3 is 16.0 Å². The fourth-order valence-electron chi connectivity index (χ4n) is 4.73. The summed E-state index contributed by atoms with van der Waals surface area (Å²) in [6, 6.07) is 21.6. The van der Waals surface area contributed by atoms with Crippen LogP contribution in [-0.2, 0) is 17.9 Å². The lowest BCUT2D eigenvalue weighted by Gasteiger charge is -2.24. The maximum atomic E-state index is 13.0. The molecule has 0 saturated carbocycles. The van der Waals surface area contributed by atoms with Crippen LogP contribution in [-0.4, -0.2) is 49.5 Å². The van der Waals surface area contributed by atoms with Gasteiger partial charge in [0.15, 0.2) is 5.82 Å². The predicted octanol–water partition coefficient (Wildman–Crippen LogP) is 4.37. The van der Waals surface area contributed by atoms with Gasteiger partial charge in [0, 0.05) is 67.1 Å². The molecular weight excluding hydrogens is 584 g/mol. The minimum absolute atomic E-state index is 0.223. The normalized spacial score (nSPS) is 12.8. The lowest BCUT2D eigenvalue weighted by Crippen LogP contribution is -2.50. The Morgan fingerprint density at radius 1 is 0.957 bits per heavy atom. The zero-order chi connectivity index (χ0) is 31.9. The van der Waals surface area contributed by atoms with Crippen LogP contribution >= 0.6 is 0 Å². The van der Waals surface area contributed by atoms with Gasteiger partial charge in [0.25, 0.3) is 5.91 Å². The third kappa shape index (κ3) is 7.34. The number of amides is 4. The number of aromatic nitrogens is 5. The maximum Gasteiger partial charge on any atom is 0.329 e. The van der Waals surface area contributed by atoms with Gasteiger partial charge in [-0.25, -0.2) is 14.8 Å². The van der Waals surface area contributed by atoms with Crippen LogP contribution in [0.1, 0.15) is 33.6 Å². The van der Waals surface area contributed by atoms with E-state index in [9.17, 15) is 14.4 Å². The quantitative estimate of drug-likeness (QED) is 0.177. The van der Waals surface area contributed by atoms with Crippen LogP contribution in [0.4, 0.5) is 27.9 Å². The Kier molecular flexibility index (Phi) is 8.92. The van der Waals surface area contributed by atoms with Crippen molar-refractivity contribution in [1.29, 1.82) is 0 Å². The Morgan fingerprint density at radius 3 is 2.59 bits per heavy atom. The summed E-state index contributed by atoms with van der Waals surface area (Å²) in [7, 11) is 0. The van der Waals surface area contributed by atoms with Gasteiger partial charge in [-0.3, -0.25) is 24.8 Å². The molecule has 230 valence electrons. The molecule has 5 aromatic rings. The minimum Gasteiger partial charge on any atom is -0.324 e. The lowest BCUT2D eigenvalue weighted by atomic mass is 10.1. The fourth-order valence-corrected chi connectivity index (χ4v) is 4.73. The van der Waals surface area contributed by atoms with E-state index < -0.39 is 6.03 Å². The van der Waals surface area contributed by atoms with Gasteiger partial charge in [0.2, 0.25) is 11.9 Å². The lowest BCUT2D eigenvalue weighted by molar-refractivity contribution is -0.120. The maximum absolute atomic E-state index is 13.0. The number of carbonyl (C=O) groups excluding carboxylic acids is 3. The van der Waals surface area contributed by atoms with Crippen molar-refractivity contribution in [3.05, 3.63) is 114 Å². The van der Waals surface area contributed by atoms with E-state index in [4.69, 9.17) is 0 Å². The molecule has 1 aliphatic heterocycles. The first-order chi connectivity index (χ1) is 22.4. The van der Waals surface area contributed by atoms with E-state index in [1.54, 1.807) is 42.9 Å². The van der Waals surface area contributed by atoms with Gasteiger partial charge in [-0.2, -0.15) is 5.10 Å². The monoisotopic (exact) mass is 614 g/mol. The van der Waals surface area contributed by atoms with Crippen LogP contribution < -0.4 is 26.2 Å². The first-order valence-electron chi connectivity index (χ1n) is 14.6. The Bertz CT molecular complexity index is 1870. The number of imide groups is 1. The SMILES string of the molecule is Cc1ccc(NC(=O)c2ccc(CNCc3ccc(N4CCC(=O)NC4=O)nn3)cc2)cc1Nc1nccc(-c2cccnc2)n1. The summed E-state index contributed by atoms with van der Waals surface area (Å²) < 4.78 is 0. The van der Waals surface area contributed by atoms with E-state index in [0.717, 1.165) is 28.1 Å². The number of nitrogens with one attached hydrogen (secondary N) is 4.